The maximum absolute atomic E-state index is 13.0. The second-order valence-electron chi connectivity index (χ2n) is 7.90. The number of aliphatic hydroxyl groups excluding tert-OH is 1. The normalized spacial score (nSPS) is 18.8. The third kappa shape index (κ3) is 8.40. The van der Waals surface area contributed by atoms with Gasteiger partial charge in [0.05, 0.1) is 38.1 Å². The highest BCUT2D eigenvalue weighted by atomic mass is 16.5. The fraction of sp³-hybridized carbons (Fsp3) is 0.682. The standard InChI is InChI=1S/C22H36N2O5/c1-17(2)29-16-20(25)13-23-9-12-28-21(14-23)15-24(10-11-27-4)22(26)19-7-5-18(3)6-8-19/h5-8,17,20-21,25H,9-16H2,1-4H3/t20-,21-/m0/s1. The molecule has 1 amide bonds. The summed E-state index contributed by atoms with van der Waals surface area (Å²) in [6, 6.07) is 7.61. The Morgan fingerprint density at radius 2 is 2.07 bits per heavy atom. The number of carbonyl (C=O) groups is 1. The molecule has 2 rings (SSSR count). The molecule has 1 saturated heterocycles. The van der Waals surface area contributed by atoms with Crippen molar-refractivity contribution in [3.8, 4) is 0 Å². The third-order valence-corrected chi connectivity index (χ3v) is 4.89. The first-order valence-electron chi connectivity index (χ1n) is 10.4. The number of benzene rings is 1. The fourth-order valence-electron chi connectivity index (χ4n) is 3.31. The largest absolute Gasteiger partial charge is 0.389 e. The van der Waals surface area contributed by atoms with Crippen LogP contribution in [0.15, 0.2) is 24.3 Å². The van der Waals surface area contributed by atoms with E-state index in [1.165, 1.54) is 0 Å². The number of hydrogen-bond acceptors (Lipinski definition) is 6. The highest BCUT2D eigenvalue weighted by Gasteiger charge is 2.26. The summed E-state index contributed by atoms with van der Waals surface area (Å²) in [7, 11) is 1.63. The molecule has 1 heterocycles. The molecule has 0 radical (unpaired) electrons. The van der Waals surface area contributed by atoms with Gasteiger partial charge in [-0.15, -0.1) is 0 Å². The molecule has 0 saturated carbocycles. The zero-order chi connectivity index (χ0) is 21.2. The van der Waals surface area contributed by atoms with E-state index < -0.39 is 6.10 Å². The number of rotatable bonds is 11. The van der Waals surface area contributed by atoms with Crippen molar-refractivity contribution in [2.75, 3.05) is 59.7 Å². The summed E-state index contributed by atoms with van der Waals surface area (Å²) < 4.78 is 16.6. The van der Waals surface area contributed by atoms with Gasteiger partial charge in [-0.05, 0) is 32.9 Å². The number of carbonyl (C=O) groups excluding carboxylic acids is 1. The summed E-state index contributed by atoms with van der Waals surface area (Å²) >= 11 is 0. The number of methoxy groups -OCH3 is 1. The number of aliphatic hydroxyl groups is 1. The van der Waals surface area contributed by atoms with Crippen LogP contribution in [0.25, 0.3) is 0 Å². The Kier molecular flexibility index (Phi) is 10.0. The first kappa shape index (κ1) is 23.8. The molecule has 1 aromatic rings. The van der Waals surface area contributed by atoms with Crippen molar-refractivity contribution in [3.05, 3.63) is 35.4 Å². The molecule has 1 aromatic carbocycles. The van der Waals surface area contributed by atoms with Crippen molar-refractivity contribution in [2.24, 2.45) is 0 Å². The number of ether oxygens (including phenoxy) is 3. The molecule has 7 nitrogen and oxygen atoms in total. The average molecular weight is 409 g/mol. The Balaban J connectivity index is 1.93. The van der Waals surface area contributed by atoms with Crippen molar-refractivity contribution >= 4 is 5.91 Å². The van der Waals surface area contributed by atoms with Crippen molar-refractivity contribution < 1.29 is 24.1 Å². The number of amides is 1. The van der Waals surface area contributed by atoms with Crippen LogP contribution >= 0.6 is 0 Å². The molecule has 1 aliphatic rings. The lowest BCUT2D eigenvalue weighted by Gasteiger charge is -2.36. The lowest BCUT2D eigenvalue weighted by atomic mass is 10.1. The zero-order valence-corrected chi connectivity index (χ0v) is 18.2. The first-order chi connectivity index (χ1) is 13.9. The van der Waals surface area contributed by atoms with E-state index in [1.54, 1.807) is 12.0 Å². The molecule has 1 fully saturated rings. The Bertz CT molecular complexity index is 608. The molecule has 0 spiro atoms. The second-order valence-corrected chi connectivity index (χ2v) is 7.90. The molecule has 7 heteroatoms. The Morgan fingerprint density at radius 3 is 2.72 bits per heavy atom. The van der Waals surface area contributed by atoms with Crippen molar-refractivity contribution in [2.45, 2.75) is 39.1 Å². The summed E-state index contributed by atoms with van der Waals surface area (Å²) in [6.45, 7) is 10.3. The highest BCUT2D eigenvalue weighted by molar-refractivity contribution is 5.94. The van der Waals surface area contributed by atoms with Crippen LogP contribution in [0.2, 0.25) is 0 Å². The van der Waals surface area contributed by atoms with Gasteiger partial charge in [0, 0.05) is 45.4 Å². The summed E-state index contributed by atoms with van der Waals surface area (Å²) in [5.74, 6) is -0.0202. The topological polar surface area (TPSA) is 71.5 Å². The van der Waals surface area contributed by atoms with Crippen LogP contribution in [0.3, 0.4) is 0 Å². The highest BCUT2D eigenvalue weighted by Crippen LogP contribution is 2.12. The zero-order valence-electron chi connectivity index (χ0n) is 18.2. The Morgan fingerprint density at radius 1 is 1.34 bits per heavy atom. The minimum atomic E-state index is -0.532. The predicted molar refractivity (Wildman–Crippen MR) is 112 cm³/mol. The first-order valence-corrected chi connectivity index (χ1v) is 10.4. The van der Waals surface area contributed by atoms with Gasteiger partial charge in [0.2, 0.25) is 0 Å². The molecule has 1 aliphatic heterocycles. The number of hydrogen-bond donors (Lipinski definition) is 1. The maximum atomic E-state index is 13.0. The molecule has 0 unspecified atom stereocenters. The summed E-state index contributed by atoms with van der Waals surface area (Å²) in [6.07, 6.45) is -0.535. The van der Waals surface area contributed by atoms with Gasteiger partial charge >= 0.3 is 0 Å². The second kappa shape index (κ2) is 12.2. The molecule has 1 N–H and O–H groups in total. The van der Waals surface area contributed by atoms with Gasteiger partial charge in [-0.25, -0.2) is 0 Å². The molecular weight excluding hydrogens is 372 g/mol. The van der Waals surface area contributed by atoms with Crippen molar-refractivity contribution in [3.63, 3.8) is 0 Å². The molecule has 164 valence electrons. The van der Waals surface area contributed by atoms with Gasteiger partial charge in [-0.2, -0.15) is 0 Å². The van der Waals surface area contributed by atoms with E-state index >= 15 is 0 Å². The third-order valence-electron chi connectivity index (χ3n) is 4.89. The van der Waals surface area contributed by atoms with Crippen LogP contribution < -0.4 is 0 Å². The van der Waals surface area contributed by atoms with Crippen LogP contribution in [0.5, 0.6) is 0 Å². The van der Waals surface area contributed by atoms with Gasteiger partial charge in [-0.1, -0.05) is 17.7 Å². The Labute approximate surface area is 174 Å². The van der Waals surface area contributed by atoms with E-state index in [4.69, 9.17) is 14.2 Å². The van der Waals surface area contributed by atoms with Gasteiger partial charge in [0.25, 0.3) is 5.91 Å². The Hall–Kier alpha value is -1.51. The minimum Gasteiger partial charge on any atom is -0.389 e. The van der Waals surface area contributed by atoms with E-state index in [-0.39, 0.29) is 18.1 Å². The molecular formula is C22H36N2O5. The number of morpholine rings is 1. The fourth-order valence-corrected chi connectivity index (χ4v) is 3.31. The SMILES string of the molecule is COCCN(C[C@@H]1CN(C[C@H](O)COC(C)C)CCO1)C(=O)c1ccc(C)cc1. The smallest absolute Gasteiger partial charge is 0.254 e. The minimum absolute atomic E-state index is 0.0202. The van der Waals surface area contributed by atoms with E-state index in [0.29, 0.717) is 51.6 Å². The maximum Gasteiger partial charge on any atom is 0.254 e. The summed E-state index contributed by atoms with van der Waals surface area (Å²) in [4.78, 5) is 17.0. The predicted octanol–water partition coefficient (Wildman–Crippen LogP) is 1.57. The van der Waals surface area contributed by atoms with Gasteiger partial charge < -0.3 is 24.2 Å². The summed E-state index contributed by atoms with van der Waals surface area (Å²) in [5.41, 5.74) is 1.79. The number of β-amino-alcohol motifs (C(OH)–C–C–N with tert-alkyl or cyclic N) is 1. The van der Waals surface area contributed by atoms with E-state index in [2.05, 4.69) is 4.90 Å². The molecule has 0 aliphatic carbocycles. The van der Waals surface area contributed by atoms with Gasteiger partial charge in [-0.3, -0.25) is 9.69 Å². The lowest BCUT2D eigenvalue weighted by molar-refractivity contribution is -0.0634. The molecule has 0 aromatic heterocycles. The van der Waals surface area contributed by atoms with Crippen molar-refractivity contribution in [1.29, 1.82) is 0 Å². The van der Waals surface area contributed by atoms with E-state index in [0.717, 1.165) is 12.1 Å². The van der Waals surface area contributed by atoms with Crippen LogP contribution in [0, 0.1) is 6.92 Å². The summed E-state index contributed by atoms with van der Waals surface area (Å²) in [5, 5.41) is 10.2. The van der Waals surface area contributed by atoms with Crippen LogP contribution in [-0.2, 0) is 14.2 Å². The molecule has 29 heavy (non-hydrogen) atoms. The molecule has 2 atom stereocenters. The van der Waals surface area contributed by atoms with Crippen LogP contribution in [-0.4, -0.2) is 98.8 Å². The average Bonchev–Trinajstić information content (AvgIpc) is 2.70. The van der Waals surface area contributed by atoms with Crippen molar-refractivity contribution in [1.82, 2.24) is 9.80 Å². The van der Waals surface area contributed by atoms with Gasteiger partial charge in [0.15, 0.2) is 0 Å². The lowest BCUT2D eigenvalue weighted by Crippen LogP contribution is -2.51. The number of nitrogens with zero attached hydrogens (tertiary/aromatic N) is 2. The monoisotopic (exact) mass is 408 g/mol. The van der Waals surface area contributed by atoms with Crippen LogP contribution in [0.1, 0.15) is 29.8 Å². The quantitative estimate of drug-likeness (QED) is 0.599. The number of aryl methyl sites for hydroxylation is 1. The molecule has 0 bridgehead atoms. The van der Waals surface area contributed by atoms with Gasteiger partial charge in [0.1, 0.15) is 0 Å². The van der Waals surface area contributed by atoms with Crippen LogP contribution in [0.4, 0.5) is 0 Å². The van der Waals surface area contributed by atoms with E-state index in [9.17, 15) is 9.90 Å². The van der Waals surface area contributed by atoms with E-state index in [1.807, 2.05) is 45.0 Å².